The van der Waals surface area contributed by atoms with Crippen LogP contribution in [0.15, 0.2) is 48.5 Å². The molecule has 0 fully saturated rings. The van der Waals surface area contributed by atoms with E-state index in [1.54, 1.807) is 24.3 Å². The molecule has 2 aromatic rings. The van der Waals surface area contributed by atoms with E-state index in [2.05, 4.69) is 0 Å². The second-order valence-electron chi connectivity index (χ2n) is 5.33. The van der Waals surface area contributed by atoms with Crippen LogP contribution in [0.2, 0.25) is 0 Å². The highest BCUT2D eigenvalue weighted by Gasteiger charge is 2.36. The number of rotatable bonds is 4. The van der Waals surface area contributed by atoms with Crippen molar-refractivity contribution in [2.24, 2.45) is 0 Å². The van der Waals surface area contributed by atoms with Crippen LogP contribution in [0, 0.1) is 6.92 Å². The zero-order valence-corrected chi connectivity index (χ0v) is 12.6. The molecule has 0 atom stereocenters. The molecule has 3 rings (SSSR count). The summed E-state index contributed by atoms with van der Waals surface area (Å²) in [5, 5.41) is 0. The van der Waals surface area contributed by atoms with Crippen LogP contribution in [0.1, 0.15) is 31.8 Å². The van der Waals surface area contributed by atoms with Crippen molar-refractivity contribution < 1.29 is 19.1 Å². The van der Waals surface area contributed by atoms with E-state index in [4.69, 9.17) is 4.74 Å². The number of fused-ring (bicyclic) bond motifs is 1. The Morgan fingerprint density at radius 3 is 2.13 bits per heavy atom. The lowest BCUT2D eigenvalue weighted by atomic mass is 10.1. The number of carbonyl (C=O) groups is 3. The van der Waals surface area contributed by atoms with Gasteiger partial charge in [0.1, 0.15) is 13.2 Å². The third kappa shape index (κ3) is 2.85. The lowest BCUT2D eigenvalue weighted by Crippen LogP contribution is -2.35. The quantitative estimate of drug-likeness (QED) is 0.642. The van der Waals surface area contributed by atoms with Crippen LogP contribution in [0.4, 0.5) is 0 Å². The van der Waals surface area contributed by atoms with Gasteiger partial charge in [0.25, 0.3) is 11.8 Å². The van der Waals surface area contributed by atoms with E-state index in [1.807, 2.05) is 31.2 Å². The van der Waals surface area contributed by atoms with E-state index in [0.717, 1.165) is 16.0 Å². The number of esters is 1. The van der Waals surface area contributed by atoms with Gasteiger partial charge in [-0.3, -0.25) is 19.3 Å². The molecule has 5 heteroatoms. The summed E-state index contributed by atoms with van der Waals surface area (Å²) >= 11 is 0. The van der Waals surface area contributed by atoms with Gasteiger partial charge in [0.2, 0.25) is 0 Å². The minimum Gasteiger partial charge on any atom is -0.459 e. The molecule has 5 nitrogen and oxygen atoms in total. The minimum absolute atomic E-state index is 0.120. The number of carbonyl (C=O) groups excluding carboxylic acids is 3. The fraction of sp³-hybridized carbons (Fsp3) is 0.167. The molecule has 2 amide bonds. The molecule has 0 aliphatic carbocycles. The Labute approximate surface area is 133 Å². The molecule has 2 aromatic carbocycles. The van der Waals surface area contributed by atoms with Gasteiger partial charge in [-0.15, -0.1) is 0 Å². The van der Waals surface area contributed by atoms with Gasteiger partial charge >= 0.3 is 5.97 Å². The molecule has 23 heavy (non-hydrogen) atoms. The van der Waals surface area contributed by atoms with Crippen molar-refractivity contribution in [3.8, 4) is 0 Å². The van der Waals surface area contributed by atoms with Gasteiger partial charge in [0.05, 0.1) is 11.1 Å². The van der Waals surface area contributed by atoms with Crippen LogP contribution in [0.25, 0.3) is 0 Å². The monoisotopic (exact) mass is 309 g/mol. The highest BCUT2D eigenvalue weighted by Crippen LogP contribution is 2.22. The number of benzene rings is 2. The molecule has 1 aliphatic heterocycles. The van der Waals surface area contributed by atoms with E-state index in [0.29, 0.717) is 11.1 Å². The number of hydrogen-bond acceptors (Lipinski definition) is 4. The Balaban J connectivity index is 1.64. The maximum absolute atomic E-state index is 12.2. The predicted molar refractivity (Wildman–Crippen MR) is 82.8 cm³/mol. The lowest BCUT2D eigenvalue weighted by Gasteiger charge is -2.13. The first-order valence-corrected chi connectivity index (χ1v) is 7.23. The van der Waals surface area contributed by atoms with Crippen molar-refractivity contribution in [2.45, 2.75) is 13.5 Å². The summed E-state index contributed by atoms with van der Waals surface area (Å²) < 4.78 is 5.18. The Kier molecular flexibility index (Phi) is 3.93. The SMILES string of the molecule is Cc1ccccc1COC(=O)CN1C(=O)c2ccccc2C1=O. The molecule has 0 bridgehead atoms. The molecule has 1 heterocycles. The molecule has 0 N–H and O–H groups in total. The van der Waals surface area contributed by atoms with Gasteiger partial charge in [-0.1, -0.05) is 36.4 Å². The number of ether oxygens (including phenoxy) is 1. The summed E-state index contributed by atoms with van der Waals surface area (Å²) in [7, 11) is 0. The minimum atomic E-state index is -0.609. The average molecular weight is 309 g/mol. The van der Waals surface area contributed by atoms with E-state index in [9.17, 15) is 14.4 Å². The molecule has 116 valence electrons. The topological polar surface area (TPSA) is 63.7 Å². The van der Waals surface area contributed by atoms with Crippen LogP contribution >= 0.6 is 0 Å². The van der Waals surface area contributed by atoms with Crippen molar-refractivity contribution in [1.29, 1.82) is 0 Å². The van der Waals surface area contributed by atoms with Gasteiger partial charge in [-0.25, -0.2) is 0 Å². The van der Waals surface area contributed by atoms with E-state index in [-0.39, 0.29) is 13.2 Å². The molecule has 0 radical (unpaired) electrons. The highest BCUT2D eigenvalue weighted by atomic mass is 16.5. The first kappa shape index (κ1) is 15.0. The maximum Gasteiger partial charge on any atom is 0.326 e. The van der Waals surface area contributed by atoms with E-state index in [1.165, 1.54) is 0 Å². The van der Waals surface area contributed by atoms with Crippen LogP contribution in [0.3, 0.4) is 0 Å². The first-order chi connectivity index (χ1) is 11.1. The molecular weight excluding hydrogens is 294 g/mol. The smallest absolute Gasteiger partial charge is 0.326 e. The zero-order chi connectivity index (χ0) is 16.4. The Hall–Kier alpha value is -2.95. The van der Waals surface area contributed by atoms with Crippen molar-refractivity contribution in [3.63, 3.8) is 0 Å². The second-order valence-corrected chi connectivity index (χ2v) is 5.33. The molecule has 0 aromatic heterocycles. The summed E-state index contributed by atoms with van der Waals surface area (Å²) in [6.07, 6.45) is 0. The largest absolute Gasteiger partial charge is 0.459 e. The van der Waals surface area contributed by atoms with Gasteiger partial charge in [0.15, 0.2) is 0 Å². The van der Waals surface area contributed by atoms with Crippen LogP contribution < -0.4 is 0 Å². The Bertz CT molecular complexity index is 762. The Morgan fingerprint density at radius 2 is 1.52 bits per heavy atom. The molecule has 0 unspecified atom stereocenters. The number of imide groups is 1. The van der Waals surface area contributed by atoms with Gasteiger partial charge < -0.3 is 4.74 Å². The molecule has 0 saturated heterocycles. The lowest BCUT2D eigenvalue weighted by molar-refractivity contribution is -0.145. The van der Waals surface area contributed by atoms with Gasteiger partial charge in [-0.2, -0.15) is 0 Å². The maximum atomic E-state index is 12.2. The summed E-state index contributed by atoms with van der Waals surface area (Å²) in [4.78, 5) is 37.2. The normalized spacial score (nSPS) is 13.2. The summed E-state index contributed by atoms with van der Waals surface area (Å²) in [6, 6.07) is 14.1. The molecule has 0 saturated carbocycles. The van der Waals surface area contributed by atoms with Crippen molar-refractivity contribution in [1.82, 2.24) is 4.90 Å². The number of amides is 2. The molecule has 0 spiro atoms. The number of nitrogens with zero attached hydrogens (tertiary/aromatic N) is 1. The average Bonchev–Trinajstić information content (AvgIpc) is 2.80. The highest BCUT2D eigenvalue weighted by molar-refractivity contribution is 6.22. The van der Waals surface area contributed by atoms with Crippen molar-refractivity contribution in [2.75, 3.05) is 6.54 Å². The summed E-state index contributed by atoms with van der Waals surface area (Å²) in [5.74, 6) is -1.53. The van der Waals surface area contributed by atoms with Gasteiger partial charge in [-0.05, 0) is 30.2 Å². The number of hydrogen-bond donors (Lipinski definition) is 0. The number of aryl methyl sites for hydroxylation is 1. The molecule has 1 aliphatic rings. The van der Waals surface area contributed by atoms with Crippen LogP contribution in [0.5, 0.6) is 0 Å². The first-order valence-electron chi connectivity index (χ1n) is 7.23. The fourth-order valence-electron chi connectivity index (χ4n) is 2.49. The summed E-state index contributed by atoms with van der Waals surface area (Å²) in [5.41, 5.74) is 2.55. The molecular formula is C18H15NO4. The third-order valence-corrected chi connectivity index (χ3v) is 3.82. The van der Waals surface area contributed by atoms with Crippen LogP contribution in [-0.4, -0.2) is 29.2 Å². The summed E-state index contributed by atoms with van der Waals surface area (Å²) in [6.45, 7) is 1.67. The Morgan fingerprint density at radius 1 is 0.957 bits per heavy atom. The van der Waals surface area contributed by atoms with E-state index >= 15 is 0 Å². The van der Waals surface area contributed by atoms with Crippen molar-refractivity contribution >= 4 is 17.8 Å². The second kappa shape index (κ2) is 6.04. The standard InChI is InChI=1S/C18H15NO4/c1-12-6-2-3-7-13(12)11-23-16(20)10-19-17(21)14-8-4-5-9-15(14)18(19)22/h2-9H,10-11H2,1H3. The van der Waals surface area contributed by atoms with Gasteiger partial charge in [0, 0.05) is 0 Å². The predicted octanol–water partition coefficient (Wildman–Crippen LogP) is 2.33. The van der Waals surface area contributed by atoms with Crippen molar-refractivity contribution in [3.05, 3.63) is 70.8 Å². The fourth-order valence-corrected chi connectivity index (χ4v) is 2.49. The van der Waals surface area contributed by atoms with E-state index < -0.39 is 17.8 Å². The van der Waals surface area contributed by atoms with Crippen LogP contribution in [-0.2, 0) is 16.1 Å². The third-order valence-electron chi connectivity index (χ3n) is 3.82. The zero-order valence-electron chi connectivity index (χ0n) is 12.6.